The minimum absolute atomic E-state index is 0.760. The number of ether oxygens (including phenoxy) is 1. The Balaban J connectivity index is 1.90. The minimum Gasteiger partial charge on any atom is -0.497 e. The number of rotatable bonds is 4. The number of pyridine rings is 1. The van der Waals surface area contributed by atoms with Gasteiger partial charge in [-0.3, -0.25) is 5.10 Å². The molecule has 0 aliphatic carbocycles. The van der Waals surface area contributed by atoms with Crippen molar-refractivity contribution >= 4 is 33.7 Å². The van der Waals surface area contributed by atoms with E-state index in [0.29, 0.717) is 0 Å². The van der Waals surface area contributed by atoms with Gasteiger partial charge < -0.3 is 10.1 Å². The van der Waals surface area contributed by atoms with Crippen LogP contribution >= 0.6 is 11.3 Å². The molecule has 4 rings (SSSR count). The van der Waals surface area contributed by atoms with Crippen molar-refractivity contribution in [3.63, 3.8) is 0 Å². The number of nitrogens with zero attached hydrogens (tertiary/aromatic N) is 2. The number of aromatic amines is 1. The van der Waals surface area contributed by atoms with Crippen LogP contribution in [-0.4, -0.2) is 22.3 Å². The summed E-state index contributed by atoms with van der Waals surface area (Å²) in [4.78, 5) is 4.78. The van der Waals surface area contributed by atoms with Crippen molar-refractivity contribution in [2.75, 3.05) is 12.4 Å². The zero-order chi connectivity index (χ0) is 15.6. The zero-order valence-corrected chi connectivity index (χ0v) is 13.2. The molecule has 0 amide bonds. The maximum absolute atomic E-state index is 5.34. The van der Waals surface area contributed by atoms with Crippen molar-refractivity contribution in [3.05, 3.63) is 53.4 Å². The van der Waals surface area contributed by atoms with Crippen LogP contribution in [0.1, 0.15) is 0 Å². The topological polar surface area (TPSA) is 62.8 Å². The minimum atomic E-state index is 0.760. The SMILES string of the molecule is COc1ccc2c(-c3ccsc3)nc(Nc3ccn[nH]3)cc2c1. The number of methoxy groups -OCH3 is 1. The number of benzene rings is 1. The third kappa shape index (κ3) is 2.64. The number of aromatic nitrogens is 3. The van der Waals surface area contributed by atoms with Gasteiger partial charge in [-0.05, 0) is 41.1 Å². The summed E-state index contributed by atoms with van der Waals surface area (Å²) in [6.45, 7) is 0. The molecule has 2 N–H and O–H groups in total. The fraction of sp³-hybridized carbons (Fsp3) is 0.0588. The number of fused-ring (bicyclic) bond motifs is 1. The van der Waals surface area contributed by atoms with Crippen LogP contribution in [0.15, 0.2) is 53.4 Å². The highest BCUT2D eigenvalue weighted by Gasteiger charge is 2.10. The number of H-pyrrole nitrogens is 1. The Morgan fingerprint density at radius 3 is 2.87 bits per heavy atom. The molecular weight excluding hydrogens is 308 g/mol. The molecule has 23 heavy (non-hydrogen) atoms. The molecule has 0 aliphatic rings. The van der Waals surface area contributed by atoms with Crippen LogP contribution in [0.2, 0.25) is 0 Å². The van der Waals surface area contributed by atoms with Crippen LogP contribution in [0.4, 0.5) is 11.6 Å². The van der Waals surface area contributed by atoms with Crippen LogP contribution < -0.4 is 10.1 Å². The van der Waals surface area contributed by atoms with Crippen LogP contribution in [0.3, 0.4) is 0 Å². The lowest BCUT2D eigenvalue weighted by Gasteiger charge is -2.10. The van der Waals surface area contributed by atoms with Gasteiger partial charge in [-0.1, -0.05) is 0 Å². The molecular formula is C17H14N4OS. The van der Waals surface area contributed by atoms with E-state index >= 15 is 0 Å². The van der Waals surface area contributed by atoms with E-state index in [1.165, 1.54) is 0 Å². The standard InChI is InChI=1S/C17H14N4OS/c1-22-13-2-3-14-12(8-13)9-16(19-15-4-6-18-21-15)20-17(14)11-5-7-23-10-11/h2-10H,1H3,(H2,18,19,20,21). The van der Waals surface area contributed by atoms with Crippen molar-refractivity contribution < 1.29 is 4.74 Å². The first-order chi connectivity index (χ1) is 11.3. The molecule has 3 aromatic heterocycles. The second kappa shape index (κ2) is 5.73. The summed E-state index contributed by atoms with van der Waals surface area (Å²) in [5.74, 6) is 2.39. The second-order valence-electron chi connectivity index (χ2n) is 5.05. The van der Waals surface area contributed by atoms with E-state index in [1.54, 1.807) is 24.6 Å². The lowest BCUT2D eigenvalue weighted by atomic mass is 10.1. The summed E-state index contributed by atoms with van der Waals surface area (Å²) < 4.78 is 5.34. The van der Waals surface area contributed by atoms with Gasteiger partial charge in [-0.15, -0.1) is 0 Å². The number of nitrogens with one attached hydrogen (secondary N) is 2. The summed E-state index contributed by atoms with van der Waals surface area (Å²) in [7, 11) is 1.67. The number of hydrogen-bond donors (Lipinski definition) is 2. The number of anilines is 2. The van der Waals surface area contributed by atoms with Crippen LogP contribution in [0.25, 0.3) is 22.0 Å². The molecule has 0 fully saturated rings. The van der Waals surface area contributed by atoms with Gasteiger partial charge in [0, 0.05) is 22.4 Å². The van der Waals surface area contributed by atoms with Crippen molar-refractivity contribution in [1.82, 2.24) is 15.2 Å². The van der Waals surface area contributed by atoms with Gasteiger partial charge in [0.25, 0.3) is 0 Å². The molecule has 6 heteroatoms. The molecule has 0 bridgehead atoms. The predicted octanol–water partition coefficient (Wildman–Crippen LogP) is 4.44. The summed E-state index contributed by atoms with van der Waals surface area (Å²) >= 11 is 1.66. The molecule has 0 saturated carbocycles. The average molecular weight is 322 g/mol. The van der Waals surface area contributed by atoms with Crippen LogP contribution in [0, 0.1) is 0 Å². The lowest BCUT2D eigenvalue weighted by molar-refractivity contribution is 0.415. The maximum Gasteiger partial charge on any atom is 0.132 e. The van der Waals surface area contributed by atoms with Crippen molar-refractivity contribution in [2.45, 2.75) is 0 Å². The highest BCUT2D eigenvalue weighted by atomic mass is 32.1. The monoisotopic (exact) mass is 322 g/mol. The fourth-order valence-corrected chi connectivity index (χ4v) is 3.15. The van der Waals surface area contributed by atoms with Gasteiger partial charge in [-0.2, -0.15) is 16.4 Å². The van der Waals surface area contributed by atoms with Gasteiger partial charge in [0.2, 0.25) is 0 Å². The summed E-state index contributed by atoms with van der Waals surface area (Å²) in [5.41, 5.74) is 2.06. The molecule has 1 aromatic carbocycles. The van der Waals surface area contributed by atoms with Crippen LogP contribution in [0.5, 0.6) is 5.75 Å². The number of thiophene rings is 1. The largest absolute Gasteiger partial charge is 0.497 e. The van der Waals surface area contributed by atoms with E-state index in [4.69, 9.17) is 9.72 Å². The fourth-order valence-electron chi connectivity index (χ4n) is 2.51. The van der Waals surface area contributed by atoms with E-state index in [2.05, 4.69) is 32.3 Å². The summed E-state index contributed by atoms with van der Waals surface area (Å²) in [6.07, 6.45) is 1.70. The van der Waals surface area contributed by atoms with Gasteiger partial charge in [0.05, 0.1) is 19.0 Å². The highest BCUT2D eigenvalue weighted by Crippen LogP contribution is 2.33. The van der Waals surface area contributed by atoms with E-state index in [0.717, 1.165) is 39.4 Å². The van der Waals surface area contributed by atoms with E-state index in [9.17, 15) is 0 Å². The smallest absolute Gasteiger partial charge is 0.132 e. The zero-order valence-electron chi connectivity index (χ0n) is 12.4. The molecule has 0 radical (unpaired) electrons. The second-order valence-corrected chi connectivity index (χ2v) is 5.83. The third-order valence-corrected chi connectivity index (χ3v) is 4.28. The predicted molar refractivity (Wildman–Crippen MR) is 93.5 cm³/mol. The van der Waals surface area contributed by atoms with Crippen molar-refractivity contribution in [2.24, 2.45) is 0 Å². The first-order valence-electron chi connectivity index (χ1n) is 7.11. The Morgan fingerprint density at radius 2 is 2.13 bits per heavy atom. The van der Waals surface area contributed by atoms with E-state index in [1.807, 2.05) is 30.3 Å². The highest BCUT2D eigenvalue weighted by molar-refractivity contribution is 7.08. The molecule has 0 atom stereocenters. The van der Waals surface area contributed by atoms with Gasteiger partial charge in [0.15, 0.2) is 0 Å². The Morgan fingerprint density at radius 1 is 1.17 bits per heavy atom. The molecule has 4 aromatic rings. The van der Waals surface area contributed by atoms with Gasteiger partial charge in [0.1, 0.15) is 17.4 Å². The first kappa shape index (κ1) is 13.8. The maximum atomic E-state index is 5.34. The van der Waals surface area contributed by atoms with Gasteiger partial charge in [-0.25, -0.2) is 4.98 Å². The Bertz CT molecular complexity index is 933. The molecule has 114 valence electrons. The molecule has 0 saturated heterocycles. The first-order valence-corrected chi connectivity index (χ1v) is 8.05. The third-order valence-electron chi connectivity index (χ3n) is 3.60. The van der Waals surface area contributed by atoms with Crippen molar-refractivity contribution in [1.29, 1.82) is 0 Å². The normalized spacial score (nSPS) is 10.8. The van der Waals surface area contributed by atoms with E-state index < -0.39 is 0 Å². The Labute approximate surface area is 137 Å². The molecule has 0 aliphatic heterocycles. The average Bonchev–Trinajstić information content (AvgIpc) is 3.27. The van der Waals surface area contributed by atoms with Crippen molar-refractivity contribution in [3.8, 4) is 17.0 Å². The molecule has 0 spiro atoms. The Hall–Kier alpha value is -2.86. The number of hydrogen-bond acceptors (Lipinski definition) is 5. The van der Waals surface area contributed by atoms with Crippen LogP contribution in [-0.2, 0) is 0 Å². The van der Waals surface area contributed by atoms with Gasteiger partial charge >= 0.3 is 0 Å². The summed E-state index contributed by atoms with van der Waals surface area (Å²) in [6, 6.07) is 12.0. The molecule has 5 nitrogen and oxygen atoms in total. The molecule has 3 heterocycles. The quantitative estimate of drug-likeness (QED) is 0.583. The summed E-state index contributed by atoms with van der Waals surface area (Å²) in [5, 5.41) is 16.4. The lowest BCUT2D eigenvalue weighted by Crippen LogP contribution is -1.96. The van der Waals surface area contributed by atoms with E-state index in [-0.39, 0.29) is 0 Å². The molecule has 0 unspecified atom stereocenters. The Kier molecular flexibility index (Phi) is 3.44.